The second kappa shape index (κ2) is 7.87. The molecule has 0 amide bonds. The fraction of sp³-hybridized carbons (Fsp3) is 0.133. The summed E-state index contributed by atoms with van der Waals surface area (Å²) in [7, 11) is 1.35. The average Bonchev–Trinajstić information content (AvgIpc) is 2.49. The van der Waals surface area contributed by atoms with Crippen LogP contribution in [0.4, 0.5) is 0 Å². The molecular weight excluding hydrogens is 420 g/mol. The molecular formula is C15H12Br2O3S. The number of hydrogen-bond acceptors (Lipinski definition) is 4. The van der Waals surface area contributed by atoms with Crippen molar-refractivity contribution in [3.8, 4) is 5.75 Å². The van der Waals surface area contributed by atoms with Gasteiger partial charge in [0.15, 0.2) is 0 Å². The van der Waals surface area contributed by atoms with Crippen molar-refractivity contribution >= 4 is 49.6 Å². The Morgan fingerprint density at radius 3 is 2.57 bits per heavy atom. The topological polar surface area (TPSA) is 35.5 Å². The molecule has 0 spiro atoms. The number of benzene rings is 2. The molecule has 3 nitrogen and oxygen atoms in total. The normalized spacial score (nSPS) is 10.2. The van der Waals surface area contributed by atoms with E-state index in [4.69, 9.17) is 9.47 Å². The number of esters is 1. The van der Waals surface area contributed by atoms with Crippen LogP contribution in [0.3, 0.4) is 0 Å². The van der Waals surface area contributed by atoms with Gasteiger partial charge in [-0.2, -0.15) is 0 Å². The highest BCUT2D eigenvalue weighted by Gasteiger charge is 2.17. The van der Waals surface area contributed by atoms with E-state index in [1.165, 1.54) is 7.11 Å². The summed E-state index contributed by atoms with van der Waals surface area (Å²) in [6.45, 7) is 0. The Hall–Kier alpha value is -0.980. The van der Waals surface area contributed by atoms with Crippen LogP contribution in [0.25, 0.3) is 0 Å². The molecule has 2 rings (SSSR count). The summed E-state index contributed by atoms with van der Waals surface area (Å²) in [5.74, 6) is 0.444. The van der Waals surface area contributed by atoms with Gasteiger partial charge >= 0.3 is 5.97 Å². The maximum atomic E-state index is 11.8. The molecule has 0 saturated heterocycles. The summed E-state index contributed by atoms with van der Waals surface area (Å²) >= 11 is 8.31. The molecule has 0 aromatic heterocycles. The van der Waals surface area contributed by atoms with Crippen molar-refractivity contribution in [3.05, 3.63) is 57.0 Å². The molecule has 2 aromatic carbocycles. The van der Waals surface area contributed by atoms with E-state index in [0.717, 1.165) is 9.37 Å². The molecule has 0 aliphatic heterocycles. The first-order chi connectivity index (χ1) is 10.1. The molecule has 0 aliphatic rings. The van der Waals surface area contributed by atoms with E-state index in [1.807, 2.05) is 36.4 Å². The Labute approximate surface area is 144 Å². The summed E-state index contributed by atoms with van der Waals surface area (Å²) in [5, 5.41) is 0. The predicted octanol–water partition coefficient (Wildman–Crippen LogP) is 5.13. The van der Waals surface area contributed by atoms with Gasteiger partial charge in [0, 0.05) is 9.37 Å². The van der Waals surface area contributed by atoms with E-state index in [2.05, 4.69) is 31.9 Å². The number of carbonyl (C=O) groups excluding carboxylic acids is 1. The molecule has 6 heteroatoms. The number of hydrogen-bond donors (Lipinski definition) is 0. The highest BCUT2D eigenvalue weighted by atomic mass is 79.9. The van der Waals surface area contributed by atoms with E-state index < -0.39 is 5.97 Å². The van der Waals surface area contributed by atoms with Crippen LogP contribution in [-0.2, 0) is 4.74 Å². The lowest BCUT2D eigenvalue weighted by atomic mass is 10.2. The summed E-state index contributed by atoms with van der Waals surface area (Å²) in [6, 6.07) is 13.4. The Morgan fingerprint density at radius 1 is 1.19 bits per heavy atom. The van der Waals surface area contributed by atoms with Gasteiger partial charge < -0.3 is 9.47 Å². The van der Waals surface area contributed by atoms with Crippen LogP contribution in [0.5, 0.6) is 5.75 Å². The van der Waals surface area contributed by atoms with Gasteiger partial charge in [0.2, 0.25) is 0 Å². The van der Waals surface area contributed by atoms with Crippen LogP contribution in [-0.4, -0.2) is 19.0 Å². The molecule has 0 N–H and O–H groups in total. The minimum atomic E-state index is -0.434. The lowest BCUT2D eigenvalue weighted by Crippen LogP contribution is -2.06. The number of methoxy groups -OCH3 is 1. The van der Waals surface area contributed by atoms with Crippen molar-refractivity contribution in [2.45, 2.75) is 4.90 Å². The van der Waals surface area contributed by atoms with Gasteiger partial charge in [-0.1, -0.05) is 45.9 Å². The second-order valence-corrected chi connectivity index (χ2v) is 6.74. The Balaban J connectivity index is 2.13. The number of halogens is 2. The number of ether oxygens (including phenoxy) is 2. The minimum absolute atomic E-state index is 0.382. The Kier molecular flexibility index (Phi) is 6.14. The molecule has 0 unspecified atom stereocenters. The van der Waals surface area contributed by atoms with Crippen LogP contribution in [0.15, 0.2) is 56.3 Å². The van der Waals surface area contributed by atoms with Crippen LogP contribution in [0, 0.1) is 0 Å². The predicted molar refractivity (Wildman–Crippen MR) is 91.0 cm³/mol. The zero-order chi connectivity index (χ0) is 15.2. The largest absolute Gasteiger partial charge is 0.481 e. The fourth-order valence-electron chi connectivity index (χ4n) is 1.64. The second-order valence-electron chi connectivity index (χ2n) is 3.98. The van der Waals surface area contributed by atoms with Crippen molar-refractivity contribution in [2.24, 2.45) is 0 Å². The van der Waals surface area contributed by atoms with E-state index in [1.54, 1.807) is 17.8 Å². The minimum Gasteiger partial charge on any atom is -0.481 e. The van der Waals surface area contributed by atoms with Crippen LogP contribution in [0.1, 0.15) is 10.4 Å². The van der Waals surface area contributed by atoms with E-state index in [-0.39, 0.29) is 0 Å². The van der Waals surface area contributed by atoms with Gasteiger partial charge in [-0.15, -0.1) is 0 Å². The SMILES string of the molecule is COC(=O)c1cc(Br)cc(Br)c1OCSc1ccccc1. The molecule has 0 bridgehead atoms. The third-order valence-corrected chi connectivity index (χ3v) is 4.47. The molecule has 21 heavy (non-hydrogen) atoms. The van der Waals surface area contributed by atoms with Crippen molar-refractivity contribution in [2.75, 3.05) is 13.0 Å². The third kappa shape index (κ3) is 4.49. The van der Waals surface area contributed by atoms with Gasteiger partial charge in [-0.25, -0.2) is 4.79 Å². The molecule has 0 saturated carbocycles. The molecule has 0 heterocycles. The van der Waals surface area contributed by atoms with Crippen LogP contribution >= 0.6 is 43.6 Å². The zero-order valence-corrected chi connectivity index (χ0v) is 15.1. The number of thioether (sulfide) groups is 1. The summed E-state index contributed by atoms with van der Waals surface area (Å²) in [5.41, 5.74) is 0.382. The number of rotatable bonds is 5. The van der Waals surface area contributed by atoms with Crippen molar-refractivity contribution < 1.29 is 14.3 Å². The Bertz CT molecular complexity index is 632. The molecule has 2 aromatic rings. The van der Waals surface area contributed by atoms with Crippen LogP contribution < -0.4 is 4.74 Å². The van der Waals surface area contributed by atoms with Gasteiger partial charge in [0.25, 0.3) is 0 Å². The zero-order valence-electron chi connectivity index (χ0n) is 11.1. The highest BCUT2D eigenvalue weighted by molar-refractivity contribution is 9.11. The van der Waals surface area contributed by atoms with Gasteiger partial charge in [0.05, 0.1) is 11.6 Å². The van der Waals surface area contributed by atoms with Crippen molar-refractivity contribution in [1.82, 2.24) is 0 Å². The first kappa shape index (κ1) is 16.4. The molecule has 110 valence electrons. The maximum absolute atomic E-state index is 11.8. The quantitative estimate of drug-likeness (QED) is 0.373. The van der Waals surface area contributed by atoms with Gasteiger partial charge in [0.1, 0.15) is 17.3 Å². The highest BCUT2D eigenvalue weighted by Crippen LogP contribution is 2.34. The first-order valence-corrected chi connectivity index (χ1v) is 8.57. The van der Waals surface area contributed by atoms with E-state index in [9.17, 15) is 4.79 Å². The van der Waals surface area contributed by atoms with Gasteiger partial charge in [-0.05, 0) is 40.2 Å². The summed E-state index contributed by atoms with van der Waals surface area (Å²) < 4.78 is 12.0. The standard InChI is InChI=1S/C15H12Br2O3S/c1-19-15(18)12-7-10(16)8-13(17)14(12)20-9-21-11-5-3-2-4-6-11/h2-8H,9H2,1H3. The molecule has 0 radical (unpaired) electrons. The fourth-order valence-corrected chi connectivity index (χ4v) is 3.64. The lowest BCUT2D eigenvalue weighted by molar-refractivity contribution is 0.0596. The van der Waals surface area contributed by atoms with Crippen molar-refractivity contribution in [3.63, 3.8) is 0 Å². The van der Waals surface area contributed by atoms with Crippen LogP contribution in [0.2, 0.25) is 0 Å². The lowest BCUT2D eigenvalue weighted by Gasteiger charge is -2.12. The monoisotopic (exact) mass is 430 g/mol. The number of carbonyl (C=O) groups is 1. The first-order valence-electron chi connectivity index (χ1n) is 6.00. The third-order valence-electron chi connectivity index (χ3n) is 2.59. The maximum Gasteiger partial charge on any atom is 0.341 e. The molecule has 0 fully saturated rings. The van der Waals surface area contributed by atoms with Gasteiger partial charge in [-0.3, -0.25) is 0 Å². The summed E-state index contributed by atoms with van der Waals surface area (Å²) in [4.78, 5) is 12.9. The van der Waals surface area contributed by atoms with Crippen molar-refractivity contribution in [1.29, 1.82) is 0 Å². The molecule has 0 aliphatic carbocycles. The summed E-state index contributed by atoms with van der Waals surface area (Å²) in [6.07, 6.45) is 0. The Morgan fingerprint density at radius 2 is 1.90 bits per heavy atom. The smallest absolute Gasteiger partial charge is 0.341 e. The average molecular weight is 432 g/mol. The van der Waals surface area contributed by atoms with E-state index >= 15 is 0 Å². The van der Waals surface area contributed by atoms with E-state index in [0.29, 0.717) is 21.7 Å². The molecule has 0 atom stereocenters.